The lowest BCUT2D eigenvalue weighted by molar-refractivity contribution is 0.0323. The quantitative estimate of drug-likeness (QED) is 0.587. The van der Waals surface area contributed by atoms with E-state index in [0.717, 1.165) is 71.7 Å². The fourth-order valence-electron chi connectivity index (χ4n) is 3.37. The van der Waals surface area contributed by atoms with Gasteiger partial charge in [-0.05, 0) is 23.8 Å². The number of nitrogens with zero attached hydrogens (tertiary/aromatic N) is 1. The van der Waals surface area contributed by atoms with Crippen LogP contribution < -0.4 is 9.47 Å². The van der Waals surface area contributed by atoms with Crippen molar-refractivity contribution in [3.05, 3.63) is 58.8 Å². The maximum atomic E-state index is 6.10. The molecule has 5 nitrogen and oxygen atoms in total. The highest BCUT2D eigenvalue weighted by molar-refractivity contribution is 6.30. The van der Waals surface area contributed by atoms with Crippen molar-refractivity contribution in [3.63, 3.8) is 0 Å². The first-order valence-electron chi connectivity index (χ1n) is 9.49. The molecule has 1 aliphatic rings. The van der Waals surface area contributed by atoms with E-state index in [4.69, 9.17) is 30.2 Å². The summed E-state index contributed by atoms with van der Waals surface area (Å²) in [6, 6.07) is 13.7. The van der Waals surface area contributed by atoms with E-state index >= 15 is 0 Å². The van der Waals surface area contributed by atoms with Gasteiger partial charge in [-0.1, -0.05) is 23.7 Å². The standard InChI is InChI=1S/C22H24ClNO4/c1-25-18-14-21(27-11-8-24-6-9-26-10-7-24)20-13-19(28-22(20)15-18)12-16-2-4-17(23)5-3-16/h2-5,13-15H,6-12H2,1H3. The Bertz CT molecular complexity index is 916. The molecule has 0 unspecified atom stereocenters. The van der Waals surface area contributed by atoms with Crippen molar-refractivity contribution in [2.75, 3.05) is 46.6 Å². The molecule has 1 saturated heterocycles. The van der Waals surface area contributed by atoms with Crippen molar-refractivity contribution in [1.82, 2.24) is 4.90 Å². The fraction of sp³-hybridized carbons (Fsp3) is 0.364. The molecular formula is C22H24ClNO4. The van der Waals surface area contributed by atoms with Gasteiger partial charge in [0.1, 0.15) is 29.4 Å². The summed E-state index contributed by atoms with van der Waals surface area (Å²) in [5.41, 5.74) is 1.91. The van der Waals surface area contributed by atoms with E-state index in [1.54, 1.807) is 7.11 Å². The second-order valence-electron chi connectivity index (χ2n) is 6.86. The number of methoxy groups -OCH3 is 1. The highest BCUT2D eigenvalue weighted by Crippen LogP contribution is 2.34. The van der Waals surface area contributed by atoms with Crippen LogP contribution in [-0.4, -0.2) is 51.5 Å². The van der Waals surface area contributed by atoms with Gasteiger partial charge in [-0.3, -0.25) is 4.90 Å². The average molecular weight is 402 g/mol. The smallest absolute Gasteiger partial charge is 0.141 e. The summed E-state index contributed by atoms with van der Waals surface area (Å²) in [7, 11) is 1.65. The van der Waals surface area contributed by atoms with Crippen LogP contribution in [0.25, 0.3) is 11.0 Å². The molecule has 2 heterocycles. The monoisotopic (exact) mass is 401 g/mol. The molecule has 1 aliphatic heterocycles. The number of halogens is 1. The molecule has 0 bridgehead atoms. The van der Waals surface area contributed by atoms with E-state index in [1.807, 2.05) is 42.5 Å². The van der Waals surface area contributed by atoms with Crippen molar-refractivity contribution in [2.45, 2.75) is 6.42 Å². The predicted molar refractivity (Wildman–Crippen MR) is 110 cm³/mol. The number of hydrogen-bond donors (Lipinski definition) is 0. The lowest BCUT2D eigenvalue weighted by Crippen LogP contribution is -2.38. The molecule has 0 aliphatic carbocycles. The summed E-state index contributed by atoms with van der Waals surface area (Å²) in [6.45, 7) is 4.97. The number of fused-ring (bicyclic) bond motifs is 1. The van der Waals surface area contributed by atoms with E-state index in [0.29, 0.717) is 13.0 Å². The molecule has 4 rings (SSSR count). The van der Waals surface area contributed by atoms with E-state index in [9.17, 15) is 0 Å². The molecule has 0 amide bonds. The number of ether oxygens (including phenoxy) is 3. The van der Waals surface area contributed by atoms with E-state index in [1.165, 1.54) is 0 Å². The van der Waals surface area contributed by atoms with Crippen LogP contribution in [-0.2, 0) is 11.2 Å². The molecule has 6 heteroatoms. The van der Waals surface area contributed by atoms with Crippen LogP contribution in [0, 0.1) is 0 Å². The molecule has 28 heavy (non-hydrogen) atoms. The number of morpholine rings is 1. The zero-order chi connectivity index (χ0) is 19.3. The predicted octanol–water partition coefficient (Wildman–Crippen LogP) is 4.40. The molecule has 2 aromatic carbocycles. The Morgan fingerprint density at radius 2 is 1.86 bits per heavy atom. The Morgan fingerprint density at radius 3 is 2.61 bits per heavy atom. The lowest BCUT2D eigenvalue weighted by atomic mass is 10.1. The van der Waals surface area contributed by atoms with Crippen LogP contribution in [0.5, 0.6) is 11.5 Å². The molecule has 0 N–H and O–H groups in total. The van der Waals surface area contributed by atoms with Crippen molar-refractivity contribution >= 4 is 22.6 Å². The summed E-state index contributed by atoms with van der Waals surface area (Å²) < 4.78 is 23.0. The molecule has 0 atom stereocenters. The van der Waals surface area contributed by atoms with Crippen LogP contribution in [0.1, 0.15) is 11.3 Å². The summed E-state index contributed by atoms with van der Waals surface area (Å²) in [4.78, 5) is 2.35. The maximum Gasteiger partial charge on any atom is 0.141 e. The lowest BCUT2D eigenvalue weighted by Gasteiger charge is -2.26. The number of furan rings is 1. The zero-order valence-electron chi connectivity index (χ0n) is 15.9. The van der Waals surface area contributed by atoms with Crippen LogP contribution in [0.4, 0.5) is 0 Å². The Morgan fingerprint density at radius 1 is 1.07 bits per heavy atom. The molecule has 1 fully saturated rings. The van der Waals surface area contributed by atoms with Gasteiger partial charge in [0.15, 0.2) is 0 Å². The first-order chi connectivity index (χ1) is 13.7. The second-order valence-corrected chi connectivity index (χ2v) is 7.29. The van der Waals surface area contributed by atoms with Gasteiger partial charge in [-0.25, -0.2) is 0 Å². The summed E-state index contributed by atoms with van der Waals surface area (Å²) in [5.74, 6) is 2.39. The normalized spacial score (nSPS) is 15.1. The van der Waals surface area contributed by atoms with Crippen molar-refractivity contribution in [1.29, 1.82) is 0 Å². The largest absolute Gasteiger partial charge is 0.496 e. The minimum absolute atomic E-state index is 0.611. The maximum absolute atomic E-state index is 6.10. The fourth-order valence-corrected chi connectivity index (χ4v) is 3.50. The van der Waals surface area contributed by atoms with Crippen molar-refractivity contribution in [3.8, 4) is 11.5 Å². The molecule has 1 aromatic heterocycles. The number of benzene rings is 2. The van der Waals surface area contributed by atoms with Gasteiger partial charge in [0, 0.05) is 43.2 Å². The van der Waals surface area contributed by atoms with Gasteiger partial charge in [0.25, 0.3) is 0 Å². The summed E-state index contributed by atoms with van der Waals surface area (Å²) in [5, 5.41) is 1.70. The molecule has 0 saturated carbocycles. The Labute approximate surface area is 169 Å². The molecule has 3 aromatic rings. The van der Waals surface area contributed by atoms with Crippen molar-refractivity contribution < 1.29 is 18.6 Å². The van der Waals surface area contributed by atoms with E-state index < -0.39 is 0 Å². The van der Waals surface area contributed by atoms with Gasteiger partial charge < -0.3 is 18.6 Å². The van der Waals surface area contributed by atoms with E-state index in [-0.39, 0.29) is 0 Å². The van der Waals surface area contributed by atoms with Crippen LogP contribution in [0.3, 0.4) is 0 Å². The Hall–Kier alpha value is -2.21. The number of rotatable bonds is 7. The summed E-state index contributed by atoms with van der Waals surface area (Å²) >= 11 is 5.97. The minimum Gasteiger partial charge on any atom is -0.496 e. The Kier molecular flexibility index (Phi) is 6.05. The first kappa shape index (κ1) is 19.1. The second kappa shape index (κ2) is 8.86. The molecular weight excluding hydrogens is 378 g/mol. The number of hydrogen-bond acceptors (Lipinski definition) is 5. The van der Waals surface area contributed by atoms with Gasteiger partial charge in [0.2, 0.25) is 0 Å². The van der Waals surface area contributed by atoms with Gasteiger partial charge in [-0.15, -0.1) is 0 Å². The van der Waals surface area contributed by atoms with Crippen LogP contribution in [0.15, 0.2) is 46.9 Å². The van der Waals surface area contributed by atoms with Gasteiger partial charge >= 0.3 is 0 Å². The highest BCUT2D eigenvalue weighted by atomic mass is 35.5. The SMILES string of the molecule is COc1cc(OCCN2CCOCC2)c2cc(Cc3ccc(Cl)cc3)oc2c1. The average Bonchev–Trinajstić information content (AvgIpc) is 3.13. The topological polar surface area (TPSA) is 44.1 Å². The zero-order valence-corrected chi connectivity index (χ0v) is 16.7. The first-order valence-corrected chi connectivity index (χ1v) is 9.87. The highest BCUT2D eigenvalue weighted by Gasteiger charge is 2.14. The van der Waals surface area contributed by atoms with E-state index in [2.05, 4.69) is 4.90 Å². The van der Waals surface area contributed by atoms with Crippen LogP contribution in [0.2, 0.25) is 5.02 Å². The minimum atomic E-state index is 0.611. The van der Waals surface area contributed by atoms with Gasteiger partial charge in [0.05, 0.1) is 25.7 Å². The summed E-state index contributed by atoms with van der Waals surface area (Å²) in [6.07, 6.45) is 0.696. The third-order valence-corrected chi connectivity index (χ3v) is 5.17. The van der Waals surface area contributed by atoms with Crippen LogP contribution >= 0.6 is 11.6 Å². The van der Waals surface area contributed by atoms with Crippen molar-refractivity contribution in [2.24, 2.45) is 0 Å². The van der Waals surface area contributed by atoms with Gasteiger partial charge in [-0.2, -0.15) is 0 Å². The molecule has 0 radical (unpaired) electrons. The molecule has 0 spiro atoms. The Balaban J connectivity index is 1.51. The third kappa shape index (κ3) is 4.61. The molecule has 148 valence electrons. The third-order valence-electron chi connectivity index (χ3n) is 4.92.